The number of rotatable bonds is 4. The molecule has 70 valence electrons. The molecule has 0 atom stereocenters. The van der Waals surface area contributed by atoms with Gasteiger partial charge in [-0.25, -0.2) is 4.98 Å². The summed E-state index contributed by atoms with van der Waals surface area (Å²) in [5.74, 6) is 0.895. The van der Waals surface area contributed by atoms with Crippen molar-refractivity contribution >= 4 is 23.4 Å². The number of hydrogen-bond donors (Lipinski definition) is 1. The van der Waals surface area contributed by atoms with Gasteiger partial charge in [-0.2, -0.15) is 0 Å². The predicted octanol–water partition coefficient (Wildman–Crippen LogP) is 2.34. The van der Waals surface area contributed by atoms with Crippen LogP contribution in [-0.4, -0.2) is 17.3 Å². The van der Waals surface area contributed by atoms with Gasteiger partial charge in [0.05, 0.1) is 10.0 Å². The first-order chi connectivity index (χ1) is 6.33. The summed E-state index contributed by atoms with van der Waals surface area (Å²) in [6, 6.07) is 3.74. The van der Waals surface area contributed by atoms with E-state index in [1.54, 1.807) is 18.0 Å². The average molecular weight is 215 g/mol. The van der Waals surface area contributed by atoms with Crippen molar-refractivity contribution in [3.05, 3.63) is 35.5 Å². The summed E-state index contributed by atoms with van der Waals surface area (Å²) in [5, 5.41) is 1.65. The van der Waals surface area contributed by atoms with Crippen LogP contribution in [0.25, 0.3) is 0 Å². The Morgan fingerprint density at radius 2 is 2.31 bits per heavy atom. The molecule has 13 heavy (non-hydrogen) atoms. The lowest BCUT2D eigenvalue weighted by atomic mass is 10.5. The van der Waals surface area contributed by atoms with Crippen LogP contribution in [0.4, 0.5) is 0 Å². The molecule has 1 rings (SSSR count). The van der Waals surface area contributed by atoms with Crippen LogP contribution in [0.1, 0.15) is 0 Å². The fraction of sp³-hybridized carbons (Fsp3) is 0.222. The molecule has 1 heterocycles. The Morgan fingerprint density at radius 1 is 1.46 bits per heavy atom. The average Bonchev–Trinajstić information content (AvgIpc) is 2.15. The zero-order chi connectivity index (χ0) is 9.52. The highest BCUT2D eigenvalue weighted by Gasteiger charge is 1.92. The van der Waals surface area contributed by atoms with Gasteiger partial charge in [-0.3, -0.25) is 0 Å². The van der Waals surface area contributed by atoms with Gasteiger partial charge >= 0.3 is 0 Å². The molecule has 0 saturated heterocycles. The maximum absolute atomic E-state index is 5.69. The number of thioether (sulfide) groups is 1. The van der Waals surface area contributed by atoms with Gasteiger partial charge in [0.2, 0.25) is 0 Å². The minimum atomic E-state index is 0.592. The van der Waals surface area contributed by atoms with Crippen molar-refractivity contribution in [2.45, 2.75) is 5.03 Å². The van der Waals surface area contributed by atoms with Gasteiger partial charge in [0, 0.05) is 18.5 Å². The molecule has 0 aliphatic carbocycles. The lowest BCUT2D eigenvalue weighted by molar-refractivity contribution is 1.14. The fourth-order valence-corrected chi connectivity index (χ4v) is 1.55. The third-order valence-corrected chi connectivity index (χ3v) is 2.45. The van der Waals surface area contributed by atoms with E-state index in [-0.39, 0.29) is 0 Å². The smallest absolute Gasteiger partial charge is 0.0963 e. The van der Waals surface area contributed by atoms with Gasteiger partial charge in [0.15, 0.2) is 0 Å². The third-order valence-electron chi connectivity index (χ3n) is 1.33. The summed E-state index contributed by atoms with van der Waals surface area (Å²) in [6.07, 6.45) is 5.61. The first kappa shape index (κ1) is 10.6. The van der Waals surface area contributed by atoms with Crippen LogP contribution < -0.4 is 5.73 Å². The molecule has 0 radical (unpaired) electrons. The van der Waals surface area contributed by atoms with Crippen molar-refractivity contribution in [1.82, 2.24) is 4.98 Å². The second kappa shape index (κ2) is 6.02. The highest BCUT2D eigenvalue weighted by Crippen LogP contribution is 2.16. The zero-order valence-corrected chi connectivity index (χ0v) is 8.68. The molecular formula is C9H11ClN2S. The number of hydrogen-bond acceptors (Lipinski definition) is 3. The van der Waals surface area contributed by atoms with Crippen LogP contribution in [0.2, 0.25) is 5.02 Å². The van der Waals surface area contributed by atoms with Crippen molar-refractivity contribution < 1.29 is 0 Å². The second-order valence-electron chi connectivity index (χ2n) is 2.33. The van der Waals surface area contributed by atoms with Gasteiger partial charge in [-0.1, -0.05) is 23.8 Å². The molecule has 2 nitrogen and oxygen atoms in total. The molecule has 0 unspecified atom stereocenters. The van der Waals surface area contributed by atoms with Gasteiger partial charge in [-0.15, -0.1) is 11.8 Å². The Hall–Kier alpha value is -0.510. The summed E-state index contributed by atoms with van der Waals surface area (Å²) in [5.41, 5.74) is 5.30. The number of aromatic nitrogens is 1. The number of nitrogens with zero attached hydrogens (tertiary/aromatic N) is 1. The Labute approximate surface area is 87.2 Å². The fourth-order valence-electron chi connectivity index (χ4n) is 0.745. The van der Waals surface area contributed by atoms with Crippen molar-refractivity contribution in [3.8, 4) is 0 Å². The molecule has 0 aromatic carbocycles. The quantitative estimate of drug-likeness (QED) is 0.618. The molecule has 0 bridgehead atoms. The maximum atomic E-state index is 5.69. The van der Waals surface area contributed by atoms with Gasteiger partial charge in [-0.05, 0) is 12.1 Å². The summed E-state index contributed by atoms with van der Waals surface area (Å²) >= 11 is 7.35. The summed E-state index contributed by atoms with van der Waals surface area (Å²) < 4.78 is 0. The van der Waals surface area contributed by atoms with Crippen molar-refractivity contribution in [2.24, 2.45) is 5.73 Å². The summed E-state index contributed by atoms with van der Waals surface area (Å²) in [6.45, 7) is 0.592. The largest absolute Gasteiger partial charge is 0.327 e. The van der Waals surface area contributed by atoms with Crippen LogP contribution in [0, 0.1) is 0 Å². The van der Waals surface area contributed by atoms with E-state index in [0.717, 1.165) is 10.8 Å². The number of nitrogens with two attached hydrogens (primary N) is 1. The first-order valence-corrected chi connectivity index (χ1v) is 5.28. The van der Waals surface area contributed by atoms with Crippen molar-refractivity contribution in [2.75, 3.05) is 12.3 Å². The highest BCUT2D eigenvalue weighted by molar-refractivity contribution is 7.99. The van der Waals surface area contributed by atoms with E-state index >= 15 is 0 Å². The minimum Gasteiger partial charge on any atom is -0.327 e. The van der Waals surface area contributed by atoms with Crippen LogP contribution in [0.5, 0.6) is 0 Å². The van der Waals surface area contributed by atoms with E-state index in [0.29, 0.717) is 11.6 Å². The van der Waals surface area contributed by atoms with E-state index in [4.69, 9.17) is 17.3 Å². The molecular weight excluding hydrogens is 204 g/mol. The number of halogens is 1. The Morgan fingerprint density at radius 3 is 2.92 bits per heavy atom. The van der Waals surface area contributed by atoms with Gasteiger partial charge in [0.1, 0.15) is 0 Å². The molecule has 1 aromatic heterocycles. The zero-order valence-electron chi connectivity index (χ0n) is 7.11. The van der Waals surface area contributed by atoms with E-state index < -0.39 is 0 Å². The predicted molar refractivity (Wildman–Crippen MR) is 58.2 cm³/mol. The highest BCUT2D eigenvalue weighted by atomic mass is 35.5. The topological polar surface area (TPSA) is 38.9 Å². The molecule has 0 fully saturated rings. The maximum Gasteiger partial charge on any atom is 0.0963 e. The van der Waals surface area contributed by atoms with E-state index in [1.807, 2.05) is 24.3 Å². The molecule has 0 aliphatic heterocycles. The van der Waals surface area contributed by atoms with Crippen LogP contribution in [0.3, 0.4) is 0 Å². The van der Waals surface area contributed by atoms with Gasteiger partial charge < -0.3 is 5.73 Å². The third kappa shape index (κ3) is 4.31. The first-order valence-electron chi connectivity index (χ1n) is 3.92. The lowest BCUT2D eigenvalue weighted by Crippen LogP contribution is -1.92. The number of pyridine rings is 1. The minimum absolute atomic E-state index is 0.592. The lowest BCUT2D eigenvalue weighted by Gasteiger charge is -1.96. The molecule has 2 N–H and O–H groups in total. The molecule has 0 saturated carbocycles. The van der Waals surface area contributed by atoms with Crippen LogP contribution in [-0.2, 0) is 0 Å². The molecule has 0 spiro atoms. The van der Waals surface area contributed by atoms with Crippen molar-refractivity contribution in [1.29, 1.82) is 0 Å². The van der Waals surface area contributed by atoms with E-state index in [1.165, 1.54) is 0 Å². The molecule has 0 amide bonds. The van der Waals surface area contributed by atoms with Gasteiger partial charge in [0.25, 0.3) is 0 Å². The van der Waals surface area contributed by atoms with Crippen LogP contribution >= 0.6 is 23.4 Å². The molecule has 1 aromatic rings. The Kier molecular flexibility index (Phi) is 4.90. The molecule has 4 heteroatoms. The summed E-state index contributed by atoms with van der Waals surface area (Å²) in [7, 11) is 0. The SMILES string of the molecule is NCC=CCSc1ccc(Cl)cn1. The summed E-state index contributed by atoms with van der Waals surface area (Å²) in [4.78, 5) is 4.14. The van der Waals surface area contributed by atoms with E-state index in [9.17, 15) is 0 Å². The Balaban J connectivity index is 2.37. The molecule has 0 aliphatic rings. The van der Waals surface area contributed by atoms with Crippen LogP contribution in [0.15, 0.2) is 35.5 Å². The van der Waals surface area contributed by atoms with E-state index in [2.05, 4.69) is 4.98 Å². The Bertz CT molecular complexity index is 271. The second-order valence-corrected chi connectivity index (χ2v) is 3.81. The monoisotopic (exact) mass is 214 g/mol. The normalized spacial score (nSPS) is 10.9. The van der Waals surface area contributed by atoms with Crippen molar-refractivity contribution in [3.63, 3.8) is 0 Å². The standard InChI is InChI=1S/C9H11ClN2S/c10-8-3-4-9(12-7-8)13-6-2-1-5-11/h1-4,7H,5-6,11H2.